The van der Waals surface area contributed by atoms with Gasteiger partial charge < -0.3 is 0 Å². The van der Waals surface area contributed by atoms with Gasteiger partial charge in [0, 0.05) is 0 Å². The molecule has 0 bridgehead atoms. The predicted octanol–water partition coefficient (Wildman–Crippen LogP) is 3.32. The Morgan fingerprint density at radius 3 is 2.08 bits per heavy atom. The third kappa shape index (κ3) is 2.14. The lowest BCUT2D eigenvalue weighted by molar-refractivity contribution is -0.902. The van der Waals surface area contributed by atoms with E-state index in [0.717, 1.165) is 10.5 Å². The largest absolute Gasteiger partial charge is 0.296 e. The van der Waals surface area contributed by atoms with Crippen molar-refractivity contribution in [1.82, 2.24) is 0 Å². The molecule has 0 aliphatic heterocycles. The summed E-state index contributed by atoms with van der Waals surface area (Å²) in [5, 5.41) is 0. The van der Waals surface area contributed by atoms with E-state index in [9.17, 15) is 0 Å². The summed E-state index contributed by atoms with van der Waals surface area (Å²) in [7, 11) is 0. The second-order valence-electron chi connectivity index (χ2n) is 4.21. The Morgan fingerprint density at radius 2 is 1.69 bits per heavy atom. The summed E-state index contributed by atoms with van der Waals surface area (Å²) in [4.78, 5) is 0. The molecule has 0 heterocycles. The van der Waals surface area contributed by atoms with Gasteiger partial charge in [-0.05, 0) is 46.1 Å². The van der Waals surface area contributed by atoms with Crippen LogP contribution < -0.4 is 0 Å². The van der Waals surface area contributed by atoms with Gasteiger partial charge in [0.15, 0.2) is 0 Å². The Hall–Kier alpha value is -0.300. The predicted molar refractivity (Wildman–Crippen MR) is 58.4 cm³/mol. The monoisotopic (exact) mass is 182 g/mol. The van der Waals surface area contributed by atoms with Gasteiger partial charge >= 0.3 is 0 Å². The molecule has 0 radical (unpaired) electrons. The third-order valence-corrected chi connectivity index (χ3v) is 3.84. The zero-order chi connectivity index (χ0) is 9.73. The molecule has 0 spiro atoms. The first-order valence-electron chi connectivity index (χ1n) is 5.79. The fourth-order valence-corrected chi connectivity index (χ4v) is 2.74. The molecule has 1 nitrogen and oxygen atoms in total. The van der Waals surface area contributed by atoms with E-state index in [4.69, 9.17) is 0 Å². The highest BCUT2D eigenvalue weighted by atomic mass is 15.4. The molecule has 1 aliphatic carbocycles. The molecule has 0 amide bonds. The molecule has 76 valence electrons. The molecule has 0 unspecified atom stereocenters. The maximum atomic E-state index is 4.02. The van der Waals surface area contributed by atoms with E-state index >= 15 is 0 Å². The maximum absolute atomic E-state index is 4.02. The lowest BCUT2D eigenvalue weighted by atomic mass is 9.92. The van der Waals surface area contributed by atoms with Crippen molar-refractivity contribution < 1.29 is 4.48 Å². The second-order valence-corrected chi connectivity index (χ2v) is 4.21. The Bertz CT molecular complexity index is 153. The van der Waals surface area contributed by atoms with Crippen molar-refractivity contribution in [2.24, 2.45) is 0 Å². The van der Waals surface area contributed by atoms with Crippen molar-refractivity contribution in [3.8, 4) is 0 Å². The van der Waals surface area contributed by atoms with E-state index < -0.39 is 0 Å². The van der Waals surface area contributed by atoms with Gasteiger partial charge in [-0.15, -0.1) is 0 Å². The van der Waals surface area contributed by atoms with E-state index in [0.29, 0.717) is 0 Å². The minimum Gasteiger partial charge on any atom is -0.296 e. The zero-order valence-corrected chi connectivity index (χ0v) is 9.26. The van der Waals surface area contributed by atoms with Gasteiger partial charge in [0.25, 0.3) is 0 Å². The van der Waals surface area contributed by atoms with E-state index in [1.165, 1.54) is 45.2 Å². The average molecular weight is 182 g/mol. The minimum absolute atomic E-state index is 0.862. The molecule has 0 atom stereocenters. The van der Waals surface area contributed by atoms with Crippen LogP contribution in [0.1, 0.15) is 46.0 Å². The lowest BCUT2D eigenvalue weighted by Crippen LogP contribution is -2.51. The van der Waals surface area contributed by atoms with Crippen molar-refractivity contribution in [3.05, 3.63) is 12.8 Å². The topological polar surface area (TPSA) is 0 Å². The van der Waals surface area contributed by atoms with Crippen LogP contribution in [-0.4, -0.2) is 23.6 Å². The second kappa shape index (κ2) is 4.80. The molecule has 0 aromatic rings. The van der Waals surface area contributed by atoms with Crippen LogP contribution in [0, 0.1) is 0 Å². The Kier molecular flexibility index (Phi) is 3.98. The smallest absolute Gasteiger partial charge is 0.0931 e. The summed E-state index contributed by atoms with van der Waals surface area (Å²) in [6, 6.07) is 0.862. The van der Waals surface area contributed by atoms with Crippen LogP contribution in [0.5, 0.6) is 0 Å². The standard InChI is InChI=1S/C12H24N/c1-4-13(5-2,6-3)12-10-8-7-9-11-12/h4,12H,1,5-11H2,2-3H3/q+1. The molecule has 1 heteroatoms. The third-order valence-electron chi connectivity index (χ3n) is 3.84. The molecule has 13 heavy (non-hydrogen) atoms. The van der Waals surface area contributed by atoms with Gasteiger partial charge in [-0.25, -0.2) is 0 Å². The number of hydrogen-bond donors (Lipinski definition) is 0. The highest BCUT2D eigenvalue weighted by Gasteiger charge is 2.32. The Balaban J connectivity index is 2.66. The van der Waals surface area contributed by atoms with E-state index in [1.807, 2.05) is 0 Å². The number of hydrogen-bond acceptors (Lipinski definition) is 0. The summed E-state index contributed by atoms with van der Waals surface area (Å²) >= 11 is 0. The van der Waals surface area contributed by atoms with Gasteiger partial charge in [-0.1, -0.05) is 6.42 Å². The molecule has 1 aliphatic rings. The number of nitrogens with zero attached hydrogens (tertiary/aromatic N) is 1. The minimum atomic E-state index is 0.862. The van der Waals surface area contributed by atoms with E-state index in [2.05, 4.69) is 26.6 Å². The van der Waals surface area contributed by atoms with Crippen LogP contribution in [-0.2, 0) is 0 Å². The summed E-state index contributed by atoms with van der Waals surface area (Å²) in [6.45, 7) is 11.0. The first-order valence-corrected chi connectivity index (χ1v) is 5.79. The highest BCUT2D eigenvalue weighted by molar-refractivity contribution is 4.71. The normalized spacial score (nSPS) is 20.2. The zero-order valence-electron chi connectivity index (χ0n) is 9.26. The van der Waals surface area contributed by atoms with Crippen LogP contribution in [0.2, 0.25) is 0 Å². The SMILES string of the molecule is C=C[N+](CC)(CC)C1CCCCC1. The fraction of sp³-hybridized carbons (Fsp3) is 0.833. The van der Waals surface area contributed by atoms with Gasteiger partial charge in [0.1, 0.15) is 0 Å². The van der Waals surface area contributed by atoms with Gasteiger partial charge in [0.2, 0.25) is 0 Å². The summed E-state index contributed by atoms with van der Waals surface area (Å²) in [5.74, 6) is 0. The first-order chi connectivity index (χ1) is 6.29. The van der Waals surface area contributed by atoms with Crippen LogP contribution >= 0.6 is 0 Å². The van der Waals surface area contributed by atoms with Crippen molar-refractivity contribution in [1.29, 1.82) is 0 Å². The Morgan fingerprint density at radius 1 is 1.15 bits per heavy atom. The van der Waals surface area contributed by atoms with Crippen LogP contribution in [0.4, 0.5) is 0 Å². The van der Waals surface area contributed by atoms with Crippen LogP contribution in [0.3, 0.4) is 0 Å². The summed E-state index contributed by atoms with van der Waals surface area (Å²) in [6.07, 6.45) is 9.30. The molecular formula is C12H24N+. The van der Waals surface area contributed by atoms with Crippen LogP contribution in [0.25, 0.3) is 0 Å². The van der Waals surface area contributed by atoms with Crippen molar-refractivity contribution in [2.45, 2.75) is 52.0 Å². The van der Waals surface area contributed by atoms with Crippen molar-refractivity contribution >= 4 is 0 Å². The molecular weight excluding hydrogens is 158 g/mol. The fourth-order valence-electron chi connectivity index (χ4n) is 2.74. The molecule has 0 aromatic carbocycles. The number of rotatable bonds is 4. The van der Waals surface area contributed by atoms with Gasteiger partial charge in [-0.2, -0.15) is 0 Å². The van der Waals surface area contributed by atoms with Crippen molar-refractivity contribution in [3.63, 3.8) is 0 Å². The average Bonchev–Trinajstić information content (AvgIpc) is 2.23. The van der Waals surface area contributed by atoms with Crippen molar-refractivity contribution in [2.75, 3.05) is 13.1 Å². The van der Waals surface area contributed by atoms with Crippen LogP contribution in [0.15, 0.2) is 12.8 Å². The lowest BCUT2D eigenvalue weighted by Gasteiger charge is -2.42. The summed E-state index contributed by atoms with van der Waals surface area (Å²) < 4.78 is 1.14. The maximum Gasteiger partial charge on any atom is 0.0931 e. The van der Waals surface area contributed by atoms with Gasteiger partial charge in [-0.3, -0.25) is 4.48 Å². The van der Waals surface area contributed by atoms with E-state index in [1.54, 1.807) is 0 Å². The quantitative estimate of drug-likeness (QED) is 0.585. The van der Waals surface area contributed by atoms with E-state index in [-0.39, 0.29) is 0 Å². The molecule has 1 fully saturated rings. The number of quaternary nitrogens is 1. The highest BCUT2D eigenvalue weighted by Crippen LogP contribution is 2.28. The summed E-state index contributed by atoms with van der Waals surface area (Å²) in [5.41, 5.74) is 0. The van der Waals surface area contributed by atoms with Gasteiger partial charge in [0.05, 0.1) is 25.3 Å². The molecule has 1 rings (SSSR count). The Labute approximate surface area is 83.0 Å². The molecule has 0 N–H and O–H groups in total. The molecule has 0 aromatic heterocycles. The first kappa shape index (κ1) is 10.8. The molecule has 1 saturated carbocycles. The molecule has 0 saturated heterocycles.